The van der Waals surface area contributed by atoms with Crippen LogP contribution in [0.3, 0.4) is 0 Å². The lowest BCUT2D eigenvalue weighted by Crippen LogP contribution is -2.38. The summed E-state index contributed by atoms with van der Waals surface area (Å²) < 4.78 is 7.92. The topological polar surface area (TPSA) is 73.4 Å². The molecule has 2 aromatic carbocycles. The summed E-state index contributed by atoms with van der Waals surface area (Å²) in [5, 5.41) is 0. The van der Waals surface area contributed by atoms with Gasteiger partial charge in [-0.1, -0.05) is 76.0 Å². The first-order valence-electron chi connectivity index (χ1n) is 13.9. The summed E-state index contributed by atoms with van der Waals surface area (Å²) in [5.41, 5.74) is 7.92. The van der Waals surface area contributed by atoms with Crippen LogP contribution in [0.1, 0.15) is 83.5 Å². The molecular weight excluding hydrogens is 448 g/mol. The summed E-state index contributed by atoms with van der Waals surface area (Å²) in [6.07, 6.45) is 16.3. The number of aryl methyl sites for hydroxylation is 1. The van der Waals surface area contributed by atoms with Gasteiger partial charge in [0.25, 0.3) is 0 Å². The van der Waals surface area contributed by atoms with Crippen molar-refractivity contribution in [3.8, 4) is 11.5 Å². The van der Waals surface area contributed by atoms with Gasteiger partial charge in [0.15, 0.2) is 0 Å². The van der Waals surface area contributed by atoms with E-state index in [-0.39, 0.29) is 5.91 Å². The van der Waals surface area contributed by atoms with Crippen molar-refractivity contribution in [1.82, 2.24) is 14.5 Å². The summed E-state index contributed by atoms with van der Waals surface area (Å²) in [7, 11) is 1.95. The molecule has 6 heteroatoms. The van der Waals surface area contributed by atoms with Gasteiger partial charge in [-0.2, -0.15) is 0 Å². The van der Waals surface area contributed by atoms with Crippen LogP contribution in [0, 0.1) is 0 Å². The highest BCUT2D eigenvalue weighted by Crippen LogP contribution is 2.27. The van der Waals surface area contributed by atoms with Gasteiger partial charge >= 0.3 is 0 Å². The molecule has 1 amide bonds. The third-order valence-corrected chi connectivity index (χ3v) is 7.52. The van der Waals surface area contributed by atoms with E-state index in [0.717, 1.165) is 41.8 Å². The van der Waals surface area contributed by atoms with E-state index in [9.17, 15) is 4.79 Å². The van der Waals surface area contributed by atoms with Gasteiger partial charge in [-0.25, -0.2) is 4.98 Å². The molecule has 2 N–H and O–H groups in total. The molecule has 2 saturated carbocycles. The Morgan fingerprint density at radius 3 is 2.25 bits per heavy atom. The van der Waals surface area contributed by atoms with Crippen LogP contribution in [0.15, 0.2) is 48.5 Å². The lowest BCUT2D eigenvalue weighted by atomic mass is 9.94. The maximum absolute atomic E-state index is 12.6. The van der Waals surface area contributed by atoms with Gasteiger partial charge in [-0.15, -0.1) is 0 Å². The minimum atomic E-state index is 0.220. The van der Waals surface area contributed by atoms with E-state index in [1.165, 1.54) is 57.8 Å². The number of amides is 1. The minimum absolute atomic E-state index is 0.220. The number of nitrogens with two attached hydrogens (primary N) is 1. The molecule has 0 aliphatic heterocycles. The first-order chi connectivity index (χ1) is 17.6. The normalized spacial score (nSPS) is 16.2. The number of benzene rings is 2. The average Bonchev–Trinajstić information content (AvgIpc) is 3.25. The highest BCUT2D eigenvalue weighted by molar-refractivity contribution is 5.80. The zero-order valence-electron chi connectivity index (χ0n) is 21.8. The van der Waals surface area contributed by atoms with Crippen LogP contribution in [0.5, 0.6) is 11.5 Å². The second-order valence-electron chi connectivity index (χ2n) is 10.2. The van der Waals surface area contributed by atoms with Crippen LogP contribution in [-0.4, -0.2) is 33.4 Å². The molecule has 36 heavy (non-hydrogen) atoms. The summed E-state index contributed by atoms with van der Waals surface area (Å²) in [6, 6.07) is 15.9. The number of rotatable bonds is 7. The molecule has 0 saturated heterocycles. The molecule has 1 aromatic heterocycles. The lowest BCUT2D eigenvalue weighted by Gasteiger charge is -2.31. The highest BCUT2D eigenvalue weighted by Gasteiger charge is 2.21. The van der Waals surface area contributed by atoms with Gasteiger partial charge in [0.05, 0.1) is 11.0 Å². The number of ether oxygens (including phenoxy) is 1. The standard InChI is InChI=1S/C24H30N4O2.C6H12/c1-27(18-9-4-2-5-10-18)23(29)13-8-16-28-22-17-20(14-15-21(22)26-24(28)25)30-19-11-6-3-7-12-19;1-2-4-6-5-3-1/h3,6-7,11-12,14-15,17-18H,2,4-5,8-10,13,16H2,1H3,(H2,25,26);1-6H2. The van der Waals surface area contributed by atoms with E-state index < -0.39 is 0 Å². The first-order valence-corrected chi connectivity index (χ1v) is 13.9. The Morgan fingerprint density at radius 1 is 0.944 bits per heavy atom. The molecule has 0 radical (unpaired) electrons. The predicted octanol–water partition coefficient (Wildman–Crippen LogP) is 7.32. The average molecular weight is 491 g/mol. The third kappa shape index (κ3) is 7.25. The predicted molar refractivity (Wildman–Crippen MR) is 147 cm³/mol. The van der Waals surface area contributed by atoms with Crippen molar-refractivity contribution in [3.05, 3.63) is 48.5 Å². The second-order valence-corrected chi connectivity index (χ2v) is 10.2. The number of fused-ring (bicyclic) bond motifs is 1. The maximum Gasteiger partial charge on any atom is 0.222 e. The Kier molecular flexibility index (Phi) is 9.65. The first kappa shape index (κ1) is 26.1. The van der Waals surface area contributed by atoms with Crippen molar-refractivity contribution in [3.63, 3.8) is 0 Å². The molecule has 3 aromatic rings. The van der Waals surface area contributed by atoms with Gasteiger partial charge in [0.1, 0.15) is 11.5 Å². The summed E-state index contributed by atoms with van der Waals surface area (Å²) >= 11 is 0. The van der Waals surface area contributed by atoms with E-state index in [0.29, 0.717) is 25.0 Å². The van der Waals surface area contributed by atoms with Crippen LogP contribution in [-0.2, 0) is 11.3 Å². The number of carbonyl (C=O) groups is 1. The van der Waals surface area contributed by atoms with Crippen molar-refractivity contribution in [2.24, 2.45) is 0 Å². The number of anilines is 1. The lowest BCUT2D eigenvalue weighted by molar-refractivity contribution is -0.132. The number of aromatic nitrogens is 2. The molecule has 0 bridgehead atoms. The van der Waals surface area contributed by atoms with Crippen LogP contribution >= 0.6 is 0 Å². The fourth-order valence-corrected chi connectivity index (χ4v) is 5.34. The summed E-state index contributed by atoms with van der Waals surface area (Å²) in [4.78, 5) is 19.0. The molecule has 1 heterocycles. The quantitative estimate of drug-likeness (QED) is 0.376. The Bertz CT molecular complexity index is 1070. The number of para-hydroxylation sites is 1. The Hall–Kier alpha value is -3.02. The number of nitrogens with zero attached hydrogens (tertiary/aromatic N) is 3. The van der Waals surface area contributed by atoms with Crippen molar-refractivity contribution in [1.29, 1.82) is 0 Å². The third-order valence-electron chi connectivity index (χ3n) is 7.52. The summed E-state index contributed by atoms with van der Waals surface area (Å²) in [5.74, 6) is 2.21. The minimum Gasteiger partial charge on any atom is -0.457 e. The number of imidazole rings is 1. The van der Waals surface area contributed by atoms with E-state index >= 15 is 0 Å². The monoisotopic (exact) mass is 490 g/mol. The van der Waals surface area contributed by atoms with Crippen molar-refractivity contribution >= 4 is 22.9 Å². The van der Waals surface area contributed by atoms with E-state index in [1.54, 1.807) is 0 Å². The highest BCUT2D eigenvalue weighted by atomic mass is 16.5. The van der Waals surface area contributed by atoms with Crippen LogP contribution in [0.4, 0.5) is 5.95 Å². The molecular formula is C30H42N4O2. The smallest absolute Gasteiger partial charge is 0.222 e. The van der Waals surface area contributed by atoms with Crippen molar-refractivity contribution in [2.45, 2.75) is 96.1 Å². The van der Waals surface area contributed by atoms with E-state index in [4.69, 9.17) is 10.5 Å². The SMILES string of the molecule is C1CCCCC1.CN(C(=O)CCCn1c(N)nc2ccc(Oc3ccccc3)cc21)C1CCCCC1. The molecule has 0 unspecified atom stereocenters. The molecule has 2 aliphatic rings. The zero-order valence-corrected chi connectivity index (χ0v) is 21.8. The molecule has 194 valence electrons. The fraction of sp³-hybridized carbons (Fsp3) is 0.533. The van der Waals surface area contributed by atoms with Gasteiger partial charge < -0.3 is 19.9 Å². The van der Waals surface area contributed by atoms with Gasteiger partial charge in [0, 0.05) is 32.1 Å². The Labute approximate surface area is 215 Å². The molecule has 2 fully saturated rings. The largest absolute Gasteiger partial charge is 0.457 e. The number of hydrogen-bond donors (Lipinski definition) is 1. The Balaban J connectivity index is 0.000000445. The second kappa shape index (κ2) is 13.3. The van der Waals surface area contributed by atoms with Crippen molar-refractivity contribution < 1.29 is 9.53 Å². The van der Waals surface area contributed by atoms with Gasteiger partial charge in [0.2, 0.25) is 11.9 Å². The summed E-state index contributed by atoms with van der Waals surface area (Å²) in [6.45, 7) is 0.654. The molecule has 5 rings (SSSR count). The number of nitrogen functional groups attached to an aromatic ring is 1. The van der Waals surface area contributed by atoms with Crippen LogP contribution in [0.25, 0.3) is 11.0 Å². The van der Waals surface area contributed by atoms with Crippen LogP contribution < -0.4 is 10.5 Å². The Morgan fingerprint density at radius 2 is 1.58 bits per heavy atom. The maximum atomic E-state index is 12.6. The number of carbonyl (C=O) groups excluding carboxylic acids is 1. The number of hydrogen-bond acceptors (Lipinski definition) is 4. The molecule has 0 spiro atoms. The molecule has 2 aliphatic carbocycles. The van der Waals surface area contributed by atoms with Gasteiger partial charge in [-0.05, 0) is 43.5 Å². The van der Waals surface area contributed by atoms with Crippen LogP contribution in [0.2, 0.25) is 0 Å². The van der Waals surface area contributed by atoms with E-state index in [2.05, 4.69) is 4.98 Å². The zero-order chi connectivity index (χ0) is 25.2. The molecule has 0 atom stereocenters. The molecule has 6 nitrogen and oxygen atoms in total. The van der Waals surface area contributed by atoms with Gasteiger partial charge in [-0.3, -0.25) is 4.79 Å². The van der Waals surface area contributed by atoms with E-state index in [1.807, 2.05) is 65.0 Å². The fourth-order valence-electron chi connectivity index (χ4n) is 5.34. The van der Waals surface area contributed by atoms with Crippen molar-refractivity contribution in [2.75, 3.05) is 12.8 Å².